The third kappa shape index (κ3) is 2.78. The van der Waals surface area contributed by atoms with E-state index in [1.807, 2.05) is 24.3 Å². The van der Waals surface area contributed by atoms with Crippen LogP contribution in [0.1, 0.15) is 30.4 Å². The Balaban J connectivity index is 1.63. The van der Waals surface area contributed by atoms with E-state index in [-0.39, 0.29) is 30.7 Å². The number of carbonyl (C=O) groups is 2. The lowest BCUT2D eigenvalue weighted by molar-refractivity contribution is -0.133. The van der Waals surface area contributed by atoms with E-state index < -0.39 is 5.60 Å². The number of nitrogens with one attached hydrogen (secondary N) is 2. The smallest absolute Gasteiger partial charge is 0.223 e. The van der Waals surface area contributed by atoms with Crippen molar-refractivity contribution in [1.29, 1.82) is 0 Å². The summed E-state index contributed by atoms with van der Waals surface area (Å²) >= 11 is 0. The normalized spacial score (nSPS) is 27.9. The van der Waals surface area contributed by atoms with Crippen molar-refractivity contribution >= 4 is 11.8 Å². The monoisotopic (exact) mass is 288 g/mol. The Hall–Kier alpha value is -1.88. The highest BCUT2D eigenvalue weighted by Gasteiger charge is 2.37. The first-order valence-electron chi connectivity index (χ1n) is 7.44. The highest BCUT2D eigenvalue weighted by molar-refractivity contribution is 5.86. The zero-order valence-corrected chi connectivity index (χ0v) is 11.9. The van der Waals surface area contributed by atoms with Gasteiger partial charge in [-0.05, 0) is 30.4 Å². The fourth-order valence-corrected chi connectivity index (χ4v) is 3.24. The van der Waals surface area contributed by atoms with Crippen LogP contribution in [-0.2, 0) is 21.6 Å². The van der Waals surface area contributed by atoms with Gasteiger partial charge < -0.3 is 15.7 Å². The average molecular weight is 288 g/mol. The minimum absolute atomic E-state index is 0.0775. The largest absolute Gasteiger partial charge is 0.383 e. The first-order valence-corrected chi connectivity index (χ1v) is 7.44. The van der Waals surface area contributed by atoms with Crippen LogP contribution in [0, 0.1) is 5.92 Å². The van der Waals surface area contributed by atoms with Crippen LogP contribution in [0.3, 0.4) is 0 Å². The number of fused-ring (bicyclic) bond motifs is 1. The SMILES string of the molecule is O=C1CC(C(=O)NCC2(O)CCc3ccccc32)CCN1. The van der Waals surface area contributed by atoms with Crippen molar-refractivity contribution in [2.75, 3.05) is 13.1 Å². The predicted octanol–water partition coefficient (Wildman–Crippen LogP) is 0.463. The molecule has 1 aliphatic heterocycles. The fraction of sp³-hybridized carbons (Fsp3) is 0.500. The third-order valence-electron chi connectivity index (χ3n) is 4.50. The summed E-state index contributed by atoms with van der Waals surface area (Å²) in [7, 11) is 0. The van der Waals surface area contributed by atoms with Crippen molar-refractivity contribution in [3.05, 3.63) is 35.4 Å². The topological polar surface area (TPSA) is 78.4 Å². The summed E-state index contributed by atoms with van der Waals surface area (Å²) in [5.74, 6) is -0.493. The van der Waals surface area contributed by atoms with Crippen LogP contribution in [0.5, 0.6) is 0 Å². The summed E-state index contributed by atoms with van der Waals surface area (Å²) in [6, 6.07) is 7.80. The molecular weight excluding hydrogens is 268 g/mol. The van der Waals surface area contributed by atoms with Crippen molar-refractivity contribution in [3.63, 3.8) is 0 Å². The van der Waals surface area contributed by atoms with Gasteiger partial charge in [0.15, 0.2) is 0 Å². The molecule has 2 aliphatic rings. The van der Waals surface area contributed by atoms with E-state index in [1.165, 1.54) is 0 Å². The number of rotatable bonds is 3. The number of hydrogen-bond acceptors (Lipinski definition) is 3. The molecule has 21 heavy (non-hydrogen) atoms. The van der Waals surface area contributed by atoms with Crippen LogP contribution in [0.15, 0.2) is 24.3 Å². The molecule has 0 spiro atoms. The van der Waals surface area contributed by atoms with Gasteiger partial charge in [-0.25, -0.2) is 0 Å². The fourth-order valence-electron chi connectivity index (χ4n) is 3.24. The third-order valence-corrected chi connectivity index (χ3v) is 4.50. The molecule has 1 aliphatic carbocycles. The lowest BCUT2D eigenvalue weighted by Crippen LogP contribution is -2.45. The molecule has 3 N–H and O–H groups in total. The highest BCUT2D eigenvalue weighted by atomic mass is 16.3. The molecule has 2 amide bonds. The highest BCUT2D eigenvalue weighted by Crippen LogP contribution is 2.36. The molecule has 3 rings (SSSR count). The Morgan fingerprint density at radius 3 is 3.05 bits per heavy atom. The molecule has 2 unspecified atom stereocenters. The number of aryl methyl sites for hydroxylation is 1. The number of piperidine rings is 1. The number of aliphatic hydroxyl groups is 1. The van der Waals surface area contributed by atoms with E-state index in [0.29, 0.717) is 19.4 Å². The maximum absolute atomic E-state index is 12.2. The lowest BCUT2D eigenvalue weighted by atomic mass is 9.94. The van der Waals surface area contributed by atoms with E-state index in [1.54, 1.807) is 0 Å². The average Bonchev–Trinajstić information content (AvgIpc) is 2.83. The van der Waals surface area contributed by atoms with Crippen LogP contribution in [0.2, 0.25) is 0 Å². The Labute approximate surface area is 123 Å². The van der Waals surface area contributed by atoms with Crippen LogP contribution >= 0.6 is 0 Å². The summed E-state index contributed by atoms with van der Waals surface area (Å²) in [5.41, 5.74) is 1.07. The van der Waals surface area contributed by atoms with Crippen molar-refractivity contribution in [2.24, 2.45) is 5.92 Å². The first-order chi connectivity index (χ1) is 10.1. The second-order valence-electron chi connectivity index (χ2n) is 5.95. The van der Waals surface area contributed by atoms with Gasteiger partial charge in [-0.1, -0.05) is 24.3 Å². The molecule has 2 atom stereocenters. The van der Waals surface area contributed by atoms with Gasteiger partial charge in [-0.3, -0.25) is 9.59 Å². The van der Waals surface area contributed by atoms with Crippen LogP contribution < -0.4 is 10.6 Å². The molecule has 0 radical (unpaired) electrons. The van der Waals surface area contributed by atoms with Gasteiger partial charge in [0.2, 0.25) is 11.8 Å². The molecule has 5 heteroatoms. The summed E-state index contributed by atoms with van der Waals surface area (Å²) in [6.45, 7) is 0.755. The van der Waals surface area contributed by atoms with E-state index in [0.717, 1.165) is 17.5 Å². The Morgan fingerprint density at radius 2 is 2.24 bits per heavy atom. The summed E-state index contributed by atoms with van der Waals surface area (Å²) in [5, 5.41) is 16.3. The predicted molar refractivity (Wildman–Crippen MR) is 77.4 cm³/mol. The molecule has 1 aromatic rings. The molecule has 1 fully saturated rings. The molecule has 5 nitrogen and oxygen atoms in total. The van der Waals surface area contributed by atoms with Gasteiger partial charge in [0.25, 0.3) is 0 Å². The molecule has 1 aromatic carbocycles. The molecule has 0 bridgehead atoms. The van der Waals surface area contributed by atoms with Crippen molar-refractivity contribution < 1.29 is 14.7 Å². The Kier molecular flexibility index (Phi) is 3.68. The minimum atomic E-state index is -0.983. The quantitative estimate of drug-likeness (QED) is 0.756. The zero-order valence-electron chi connectivity index (χ0n) is 11.9. The van der Waals surface area contributed by atoms with Gasteiger partial charge in [0, 0.05) is 18.9 Å². The van der Waals surface area contributed by atoms with Crippen molar-refractivity contribution in [2.45, 2.75) is 31.3 Å². The zero-order chi connectivity index (χ0) is 14.9. The van der Waals surface area contributed by atoms with Gasteiger partial charge in [0.1, 0.15) is 5.60 Å². The van der Waals surface area contributed by atoms with E-state index in [4.69, 9.17) is 0 Å². The van der Waals surface area contributed by atoms with E-state index in [2.05, 4.69) is 10.6 Å². The first kappa shape index (κ1) is 14.1. The standard InChI is InChI=1S/C16H20N2O3/c19-14-9-12(6-8-17-14)15(20)18-10-16(21)7-5-11-3-1-2-4-13(11)16/h1-4,12,21H,5-10H2,(H,17,19)(H,18,20). The molecular formula is C16H20N2O3. The number of amides is 2. The van der Waals surface area contributed by atoms with E-state index in [9.17, 15) is 14.7 Å². The number of hydrogen-bond donors (Lipinski definition) is 3. The maximum atomic E-state index is 12.2. The Bertz CT molecular complexity index is 572. The molecule has 1 saturated heterocycles. The lowest BCUT2D eigenvalue weighted by Gasteiger charge is -2.27. The van der Waals surface area contributed by atoms with Gasteiger partial charge >= 0.3 is 0 Å². The van der Waals surface area contributed by atoms with Crippen molar-refractivity contribution in [1.82, 2.24) is 10.6 Å². The van der Waals surface area contributed by atoms with Crippen LogP contribution in [0.4, 0.5) is 0 Å². The summed E-state index contributed by atoms with van der Waals surface area (Å²) in [4.78, 5) is 23.5. The number of carbonyl (C=O) groups excluding carboxylic acids is 2. The maximum Gasteiger partial charge on any atom is 0.223 e. The molecule has 0 saturated carbocycles. The Morgan fingerprint density at radius 1 is 1.43 bits per heavy atom. The van der Waals surface area contributed by atoms with Crippen LogP contribution in [-0.4, -0.2) is 30.0 Å². The van der Waals surface area contributed by atoms with Crippen LogP contribution in [0.25, 0.3) is 0 Å². The second kappa shape index (κ2) is 5.48. The second-order valence-corrected chi connectivity index (χ2v) is 5.95. The molecule has 1 heterocycles. The summed E-state index contributed by atoms with van der Waals surface area (Å²) in [6.07, 6.45) is 2.35. The summed E-state index contributed by atoms with van der Waals surface area (Å²) < 4.78 is 0. The molecule has 0 aromatic heterocycles. The minimum Gasteiger partial charge on any atom is -0.383 e. The van der Waals surface area contributed by atoms with Gasteiger partial charge in [0.05, 0.1) is 6.54 Å². The molecule has 112 valence electrons. The van der Waals surface area contributed by atoms with Gasteiger partial charge in [-0.15, -0.1) is 0 Å². The van der Waals surface area contributed by atoms with Crippen molar-refractivity contribution in [3.8, 4) is 0 Å². The van der Waals surface area contributed by atoms with Gasteiger partial charge in [-0.2, -0.15) is 0 Å². The number of benzene rings is 1. The van der Waals surface area contributed by atoms with E-state index >= 15 is 0 Å².